The fourth-order valence-electron chi connectivity index (χ4n) is 7.26. The molecule has 0 aromatic rings. The van der Waals surface area contributed by atoms with E-state index in [1.165, 1.54) is 109 Å². The highest BCUT2D eigenvalue weighted by molar-refractivity contribution is 7.47. The fourth-order valence-corrected chi connectivity index (χ4v) is 8.23. The Hall–Kier alpha value is -1.18. The molecule has 1 aliphatic rings. The van der Waals surface area contributed by atoms with Crippen LogP contribution in [-0.4, -0.2) is 98.9 Å². The van der Waals surface area contributed by atoms with Crippen LogP contribution in [0.4, 0.5) is 0 Å². The number of unbranched alkanes of at least 4 members (excludes halogenated alkanes) is 24. The third-order valence-electron chi connectivity index (χ3n) is 11.1. The first kappa shape index (κ1) is 55.8. The van der Waals surface area contributed by atoms with Gasteiger partial charge in [0.1, 0.15) is 42.7 Å². The molecule has 0 amide bonds. The van der Waals surface area contributed by atoms with Crippen molar-refractivity contribution in [2.75, 3.05) is 19.8 Å². The maximum atomic E-state index is 12.8. The monoisotopic (exact) mass is 863 g/mol. The molecule has 0 radical (unpaired) electrons. The molecule has 6 N–H and O–H groups in total. The molecule has 1 saturated carbocycles. The van der Waals surface area contributed by atoms with E-state index in [1.807, 2.05) is 0 Å². The maximum Gasteiger partial charge on any atom is 0.472 e. The number of allylic oxidation sites excluding steroid dienone is 4. The number of aliphatic hydroxyl groups excluding tert-OH is 5. The van der Waals surface area contributed by atoms with Gasteiger partial charge < -0.3 is 39.9 Å². The molecule has 12 nitrogen and oxygen atoms in total. The van der Waals surface area contributed by atoms with Crippen molar-refractivity contribution in [1.82, 2.24) is 0 Å². The van der Waals surface area contributed by atoms with E-state index in [-0.39, 0.29) is 13.0 Å². The molecule has 8 atom stereocenters. The lowest BCUT2D eigenvalue weighted by Gasteiger charge is -2.41. The average Bonchev–Trinajstić information content (AvgIpc) is 3.22. The van der Waals surface area contributed by atoms with E-state index in [0.29, 0.717) is 13.0 Å². The van der Waals surface area contributed by atoms with Gasteiger partial charge in [0.25, 0.3) is 0 Å². The quantitative estimate of drug-likeness (QED) is 0.0148. The van der Waals surface area contributed by atoms with Crippen molar-refractivity contribution >= 4 is 13.8 Å². The van der Waals surface area contributed by atoms with Crippen LogP contribution in [0.25, 0.3) is 0 Å². The van der Waals surface area contributed by atoms with Crippen molar-refractivity contribution in [3.8, 4) is 0 Å². The van der Waals surface area contributed by atoms with Crippen LogP contribution in [-0.2, 0) is 27.9 Å². The number of aliphatic hydroxyl groups is 5. The summed E-state index contributed by atoms with van der Waals surface area (Å²) >= 11 is 0. The summed E-state index contributed by atoms with van der Waals surface area (Å²) in [5, 5.41) is 50.2. The van der Waals surface area contributed by atoms with Crippen molar-refractivity contribution in [3.63, 3.8) is 0 Å². The Kier molecular flexibility index (Phi) is 35.4. The van der Waals surface area contributed by atoms with Crippen LogP contribution in [0.15, 0.2) is 24.3 Å². The lowest BCUT2D eigenvalue weighted by Crippen LogP contribution is -2.64. The second-order valence-electron chi connectivity index (χ2n) is 16.6. The first-order valence-electron chi connectivity index (χ1n) is 23.7. The van der Waals surface area contributed by atoms with Gasteiger partial charge in [-0.15, -0.1) is 0 Å². The molecule has 6 unspecified atom stereocenters. The Morgan fingerprint density at radius 3 is 1.47 bits per heavy atom. The van der Waals surface area contributed by atoms with Gasteiger partial charge in [-0.3, -0.25) is 13.8 Å². The molecule has 0 heterocycles. The first-order chi connectivity index (χ1) is 28.5. The SMILES string of the molecule is CCCC/C=C\C/C=C\CCCCCCCC(=O)O[C@H](COCCCCCCCCCCCCCCCCCCCC)COP(=O)(O)OC1C(O)C(O)C(O)[C@@H](O)C1O. The largest absolute Gasteiger partial charge is 0.472 e. The smallest absolute Gasteiger partial charge is 0.457 e. The van der Waals surface area contributed by atoms with E-state index < -0.39 is 63.1 Å². The molecule has 59 heavy (non-hydrogen) atoms. The van der Waals surface area contributed by atoms with Crippen molar-refractivity contribution < 1.29 is 58.3 Å². The minimum atomic E-state index is -5.02. The third-order valence-corrected chi connectivity index (χ3v) is 12.1. The number of ether oxygens (including phenoxy) is 2. The zero-order valence-electron chi connectivity index (χ0n) is 37.1. The summed E-state index contributed by atoms with van der Waals surface area (Å²) in [5.41, 5.74) is 0. The van der Waals surface area contributed by atoms with Gasteiger partial charge in [-0.1, -0.05) is 179 Å². The lowest BCUT2D eigenvalue weighted by atomic mass is 9.85. The summed E-state index contributed by atoms with van der Waals surface area (Å²) in [7, 11) is -5.02. The molecular weight excluding hydrogens is 775 g/mol. The predicted molar refractivity (Wildman–Crippen MR) is 235 cm³/mol. The highest BCUT2D eigenvalue weighted by atomic mass is 31.2. The van der Waals surface area contributed by atoms with Crippen LogP contribution < -0.4 is 0 Å². The van der Waals surface area contributed by atoms with E-state index >= 15 is 0 Å². The van der Waals surface area contributed by atoms with Gasteiger partial charge in [-0.2, -0.15) is 0 Å². The van der Waals surface area contributed by atoms with E-state index in [0.717, 1.165) is 64.2 Å². The highest BCUT2D eigenvalue weighted by Crippen LogP contribution is 2.47. The van der Waals surface area contributed by atoms with Crippen molar-refractivity contribution in [2.45, 2.75) is 243 Å². The number of carbonyl (C=O) groups is 1. The normalized spacial score (nSPS) is 22.6. The van der Waals surface area contributed by atoms with Crippen molar-refractivity contribution in [3.05, 3.63) is 24.3 Å². The average molecular weight is 863 g/mol. The molecule has 0 spiro atoms. The van der Waals surface area contributed by atoms with E-state index in [1.54, 1.807) is 0 Å². The van der Waals surface area contributed by atoms with E-state index in [9.17, 15) is 39.8 Å². The Labute approximate surface area is 358 Å². The number of rotatable bonds is 40. The summed E-state index contributed by atoms with van der Waals surface area (Å²) in [6, 6.07) is 0. The van der Waals surface area contributed by atoms with Crippen molar-refractivity contribution in [1.29, 1.82) is 0 Å². The summed E-state index contributed by atoms with van der Waals surface area (Å²) < 4.78 is 34.2. The number of hydrogen-bond donors (Lipinski definition) is 6. The zero-order chi connectivity index (χ0) is 43.4. The molecule has 1 rings (SSSR count). The van der Waals surface area contributed by atoms with Gasteiger partial charge in [-0.05, 0) is 38.5 Å². The Morgan fingerprint density at radius 1 is 0.542 bits per heavy atom. The van der Waals surface area contributed by atoms with E-state index in [4.69, 9.17) is 18.5 Å². The number of hydrogen-bond acceptors (Lipinski definition) is 11. The molecule has 348 valence electrons. The standard InChI is InChI=1S/C46H87O12P/c1-3-5-7-9-11-13-15-17-19-20-21-22-24-26-28-30-32-34-36-55-37-39(38-56-59(53,54)58-46-44(51)42(49)41(48)43(50)45(46)52)57-40(47)35-33-31-29-27-25-23-18-16-14-12-10-8-6-4-2/h10,12,16,18,39,41-46,48-52H,3-9,11,13-15,17,19-38H2,1-2H3,(H,53,54)/b12-10-,18-16-/t39-,41?,42-,43?,44?,45?,46?/m1/s1. The van der Waals surface area contributed by atoms with Gasteiger partial charge in [0.05, 0.1) is 13.2 Å². The summed E-state index contributed by atoms with van der Waals surface area (Å²) in [5.74, 6) is -0.489. The summed E-state index contributed by atoms with van der Waals surface area (Å²) in [6.45, 7) is 4.22. The number of esters is 1. The molecule has 0 aromatic carbocycles. The molecule has 0 aromatic heterocycles. The molecular formula is C46H87O12P. The maximum absolute atomic E-state index is 12.8. The second kappa shape index (κ2) is 37.4. The van der Waals surface area contributed by atoms with Crippen LogP contribution in [0.2, 0.25) is 0 Å². The molecule has 0 saturated heterocycles. The van der Waals surface area contributed by atoms with Gasteiger partial charge in [0, 0.05) is 13.0 Å². The predicted octanol–water partition coefficient (Wildman–Crippen LogP) is 9.70. The first-order valence-corrected chi connectivity index (χ1v) is 25.2. The molecule has 13 heteroatoms. The Balaban J connectivity index is 2.37. The molecule has 1 aliphatic carbocycles. The fraction of sp³-hybridized carbons (Fsp3) is 0.891. The number of phosphoric ester groups is 1. The Bertz CT molecular complexity index is 1070. The van der Waals surface area contributed by atoms with Crippen LogP contribution in [0, 0.1) is 0 Å². The minimum absolute atomic E-state index is 0.0783. The van der Waals surface area contributed by atoms with Gasteiger partial charge >= 0.3 is 13.8 Å². The third kappa shape index (κ3) is 29.7. The number of carbonyl (C=O) groups excluding carboxylic acids is 1. The molecule has 0 aliphatic heterocycles. The van der Waals surface area contributed by atoms with Crippen LogP contribution in [0.3, 0.4) is 0 Å². The minimum Gasteiger partial charge on any atom is -0.457 e. The van der Waals surface area contributed by atoms with Crippen LogP contribution >= 0.6 is 7.82 Å². The van der Waals surface area contributed by atoms with Gasteiger partial charge in [0.15, 0.2) is 0 Å². The van der Waals surface area contributed by atoms with E-state index in [2.05, 4.69) is 38.2 Å². The second-order valence-corrected chi connectivity index (χ2v) is 18.0. The van der Waals surface area contributed by atoms with Crippen LogP contribution in [0.5, 0.6) is 0 Å². The number of phosphoric acid groups is 1. The van der Waals surface area contributed by atoms with Gasteiger partial charge in [0.2, 0.25) is 0 Å². The zero-order valence-corrected chi connectivity index (χ0v) is 38.0. The summed E-state index contributed by atoms with van der Waals surface area (Å²) in [4.78, 5) is 23.1. The highest BCUT2D eigenvalue weighted by Gasteiger charge is 2.51. The van der Waals surface area contributed by atoms with Gasteiger partial charge in [-0.25, -0.2) is 4.57 Å². The Morgan fingerprint density at radius 2 is 0.966 bits per heavy atom. The lowest BCUT2D eigenvalue weighted by molar-refractivity contribution is -0.220. The van der Waals surface area contributed by atoms with Crippen molar-refractivity contribution in [2.24, 2.45) is 0 Å². The molecule has 0 bridgehead atoms. The topological polar surface area (TPSA) is 192 Å². The van der Waals surface area contributed by atoms with Crippen LogP contribution in [0.1, 0.15) is 200 Å². The molecule has 1 fully saturated rings. The summed E-state index contributed by atoms with van der Waals surface area (Å²) in [6.07, 6.45) is 29.6.